The van der Waals surface area contributed by atoms with E-state index in [2.05, 4.69) is 0 Å². The molecule has 2 aromatic rings. The SMILES string of the molecule is O=C(CCc1cccs1)N1CCN(S(=O)(=O)c2cccs2)CC1. The van der Waals surface area contributed by atoms with Crippen LogP contribution in [0, 0.1) is 0 Å². The molecule has 1 aliphatic rings. The van der Waals surface area contributed by atoms with Gasteiger partial charge in [0.1, 0.15) is 4.21 Å². The van der Waals surface area contributed by atoms with Crippen molar-refractivity contribution in [3.8, 4) is 0 Å². The standard InChI is InChI=1S/C15H18N2O3S3/c18-14(6-5-13-3-1-11-21-13)16-7-9-17(10-8-16)23(19,20)15-4-2-12-22-15/h1-4,11-12H,5-10H2. The molecule has 5 nitrogen and oxygen atoms in total. The van der Waals surface area contributed by atoms with Crippen LogP contribution in [0.3, 0.4) is 0 Å². The lowest BCUT2D eigenvalue weighted by atomic mass is 10.2. The first-order valence-corrected chi connectivity index (χ1v) is 10.6. The van der Waals surface area contributed by atoms with Gasteiger partial charge in [0.2, 0.25) is 5.91 Å². The maximum absolute atomic E-state index is 12.4. The fraction of sp³-hybridized carbons (Fsp3) is 0.400. The minimum absolute atomic E-state index is 0.103. The molecule has 2 aromatic heterocycles. The van der Waals surface area contributed by atoms with Crippen molar-refractivity contribution in [3.63, 3.8) is 0 Å². The summed E-state index contributed by atoms with van der Waals surface area (Å²) in [4.78, 5) is 15.2. The van der Waals surface area contributed by atoms with E-state index in [4.69, 9.17) is 0 Å². The van der Waals surface area contributed by atoms with Crippen molar-refractivity contribution < 1.29 is 13.2 Å². The number of aryl methyl sites for hydroxylation is 1. The van der Waals surface area contributed by atoms with E-state index in [-0.39, 0.29) is 5.91 Å². The minimum Gasteiger partial charge on any atom is -0.340 e. The molecule has 0 aliphatic carbocycles. The molecule has 0 unspecified atom stereocenters. The lowest BCUT2D eigenvalue weighted by Gasteiger charge is -2.33. The molecular weight excluding hydrogens is 352 g/mol. The molecule has 8 heteroatoms. The molecule has 0 saturated carbocycles. The van der Waals surface area contributed by atoms with Gasteiger partial charge in [0, 0.05) is 37.5 Å². The van der Waals surface area contributed by atoms with Crippen LogP contribution in [0.1, 0.15) is 11.3 Å². The van der Waals surface area contributed by atoms with E-state index >= 15 is 0 Å². The second-order valence-electron chi connectivity index (χ2n) is 5.30. The first kappa shape index (κ1) is 16.6. The third-order valence-electron chi connectivity index (χ3n) is 3.85. The number of rotatable bonds is 5. The van der Waals surface area contributed by atoms with Crippen LogP contribution in [0.15, 0.2) is 39.2 Å². The molecule has 0 aromatic carbocycles. The Balaban J connectivity index is 1.53. The van der Waals surface area contributed by atoms with Gasteiger partial charge >= 0.3 is 0 Å². The summed E-state index contributed by atoms with van der Waals surface area (Å²) in [5.41, 5.74) is 0. The van der Waals surface area contributed by atoms with Gasteiger partial charge < -0.3 is 4.90 Å². The van der Waals surface area contributed by atoms with E-state index < -0.39 is 10.0 Å². The fourth-order valence-corrected chi connectivity index (χ4v) is 5.83. The number of thiophene rings is 2. The Morgan fingerprint density at radius 3 is 2.35 bits per heavy atom. The van der Waals surface area contributed by atoms with Crippen molar-refractivity contribution in [2.45, 2.75) is 17.1 Å². The first-order valence-electron chi connectivity index (χ1n) is 7.41. The predicted molar refractivity (Wildman–Crippen MR) is 92.3 cm³/mol. The molecule has 3 rings (SSSR count). The van der Waals surface area contributed by atoms with Gasteiger partial charge in [-0.1, -0.05) is 12.1 Å². The molecule has 3 heterocycles. The zero-order valence-electron chi connectivity index (χ0n) is 12.6. The molecule has 1 amide bonds. The summed E-state index contributed by atoms with van der Waals surface area (Å²) in [6.07, 6.45) is 1.24. The average molecular weight is 371 g/mol. The average Bonchev–Trinajstić information content (AvgIpc) is 3.26. The lowest BCUT2D eigenvalue weighted by Crippen LogP contribution is -2.50. The van der Waals surface area contributed by atoms with Crippen molar-refractivity contribution >= 4 is 38.6 Å². The van der Waals surface area contributed by atoms with Crippen LogP contribution >= 0.6 is 22.7 Å². The first-order chi connectivity index (χ1) is 11.1. The number of amides is 1. The van der Waals surface area contributed by atoms with Crippen LogP contribution in [0.2, 0.25) is 0 Å². The number of hydrogen-bond donors (Lipinski definition) is 0. The highest BCUT2D eigenvalue weighted by molar-refractivity contribution is 7.91. The van der Waals surface area contributed by atoms with Gasteiger partial charge in [0.05, 0.1) is 0 Å². The molecule has 1 aliphatic heterocycles. The number of nitrogens with zero attached hydrogens (tertiary/aromatic N) is 2. The van der Waals surface area contributed by atoms with Crippen molar-refractivity contribution in [1.82, 2.24) is 9.21 Å². The van der Waals surface area contributed by atoms with Crippen LogP contribution in [-0.4, -0.2) is 49.7 Å². The summed E-state index contributed by atoms with van der Waals surface area (Å²) < 4.78 is 26.7. The number of carbonyl (C=O) groups is 1. The summed E-state index contributed by atoms with van der Waals surface area (Å²) in [6, 6.07) is 7.38. The van der Waals surface area contributed by atoms with Gasteiger partial charge in [-0.3, -0.25) is 4.79 Å². The van der Waals surface area contributed by atoms with Crippen LogP contribution in [0.5, 0.6) is 0 Å². The summed E-state index contributed by atoms with van der Waals surface area (Å²) in [7, 11) is -3.40. The molecule has 0 N–H and O–H groups in total. The zero-order valence-corrected chi connectivity index (χ0v) is 15.0. The third kappa shape index (κ3) is 3.82. The summed E-state index contributed by atoms with van der Waals surface area (Å²) in [6.45, 7) is 1.66. The smallest absolute Gasteiger partial charge is 0.252 e. The molecule has 23 heavy (non-hydrogen) atoms. The van der Waals surface area contributed by atoms with E-state index in [1.165, 1.54) is 20.5 Å². The van der Waals surface area contributed by atoms with E-state index in [1.807, 2.05) is 17.5 Å². The quantitative estimate of drug-likeness (QED) is 0.811. The number of sulfonamides is 1. The van der Waals surface area contributed by atoms with Crippen LogP contribution in [-0.2, 0) is 21.2 Å². The molecule has 0 atom stereocenters. The Labute approximate surface area is 144 Å². The van der Waals surface area contributed by atoms with E-state index in [0.29, 0.717) is 36.8 Å². The molecular formula is C15H18N2O3S3. The Morgan fingerprint density at radius 2 is 1.74 bits per heavy atom. The topological polar surface area (TPSA) is 57.7 Å². The number of carbonyl (C=O) groups excluding carboxylic acids is 1. The monoisotopic (exact) mass is 370 g/mol. The maximum Gasteiger partial charge on any atom is 0.252 e. The third-order valence-corrected chi connectivity index (χ3v) is 8.05. The Hall–Kier alpha value is -1.22. The van der Waals surface area contributed by atoms with Crippen LogP contribution in [0.4, 0.5) is 0 Å². The predicted octanol–water partition coefficient (Wildman–Crippen LogP) is 2.28. The highest BCUT2D eigenvalue weighted by atomic mass is 32.2. The van der Waals surface area contributed by atoms with E-state index in [0.717, 1.165) is 6.42 Å². The van der Waals surface area contributed by atoms with Gasteiger partial charge in [-0.05, 0) is 29.3 Å². The van der Waals surface area contributed by atoms with Crippen molar-refractivity contribution in [3.05, 3.63) is 39.9 Å². The van der Waals surface area contributed by atoms with Crippen molar-refractivity contribution in [1.29, 1.82) is 0 Å². The zero-order chi connectivity index (χ0) is 16.3. The van der Waals surface area contributed by atoms with Gasteiger partial charge in [-0.15, -0.1) is 22.7 Å². The molecule has 0 spiro atoms. The number of piperazine rings is 1. The van der Waals surface area contributed by atoms with Crippen molar-refractivity contribution in [2.24, 2.45) is 0 Å². The Kier molecular flexibility index (Phi) is 5.15. The molecule has 1 fully saturated rings. The van der Waals surface area contributed by atoms with Gasteiger partial charge in [-0.2, -0.15) is 4.31 Å². The summed E-state index contributed by atoms with van der Waals surface area (Å²) >= 11 is 2.88. The molecule has 124 valence electrons. The molecule has 0 radical (unpaired) electrons. The van der Waals surface area contributed by atoms with E-state index in [1.54, 1.807) is 33.7 Å². The van der Waals surface area contributed by atoms with E-state index in [9.17, 15) is 13.2 Å². The largest absolute Gasteiger partial charge is 0.340 e. The molecule has 0 bridgehead atoms. The Bertz CT molecular complexity index is 731. The van der Waals surface area contributed by atoms with Gasteiger partial charge in [0.25, 0.3) is 10.0 Å². The van der Waals surface area contributed by atoms with Gasteiger partial charge in [0.15, 0.2) is 0 Å². The number of hydrogen-bond acceptors (Lipinski definition) is 5. The normalized spacial score (nSPS) is 16.6. The second-order valence-corrected chi connectivity index (χ2v) is 9.44. The van der Waals surface area contributed by atoms with Crippen molar-refractivity contribution in [2.75, 3.05) is 26.2 Å². The van der Waals surface area contributed by atoms with Crippen LogP contribution in [0.25, 0.3) is 0 Å². The lowest BCUT2D eigenvalue weighted by molar-refractivity contribution is -0.132. The molecule has 1 saturated heterocycles. The minimum atomic E-state index is -3.40. The second kappa shape index (κ2) is 7.12. The maximum atomic E-state index is 12.4. The highest BCUT2D eigenvalue weighted by Gasteiger charge is 2.30. The van der Waals surface area contributed by atoms with Crippen LogP contribution < -0.4 is 0 Å². The summed E-state index contributed by atoms with van der Waals surface area (Å²) in [5, 5.41) is 3.77. The highest BCUT2D eigenvalue weighted by Crippen LogP contribution is 2.22. The fourth-order valence-electron chi connectivity index (χ4n) is 2.56. The van der Waals surface area contributed by atoms with Gasteiger partial charge in [-0.25, -0.2) is 8.42 Å². The summed E-state index contributed by atoms with van der Waals surface area (Å²) in [5.74, 6) is 0.103. The Morgan fingerprint density at radius 1 is 1.04 bits per heavy atom.